The molecule has 6 nitrogen and oxygen atoms in total. The molecule has 0 radical (unpaired) electrons. The Kier molecular flexibility index (Phi) is 44.2. The molecule has 1 aromatic rings. The van der Waals surface area contributed by atoms with Crippen molar-refractivity contribution in [3.05, 3.63) is 35.9 Å². The summed E-state index contributed by atoms with van der Waals surface area (Å²) in [7, 11) is 4.38. The van der Waals surface area contributed by atoms with Crippen LogP contribution in [0.5, 0.6) is 0 Å². The van der Waals surface area contributed by atoms with Gasteiger partial charge in [-0.2, -0.15) is 0 Å². The first-order valence-corrected chi connectivity index (χ1v) is 19.2. The Hall–Kier alpha value is -1.02. The van der Waals surface area contributed by atoms with Crippen molar-refractivity contribution in [2.24, 2.45) is 35.0 Å². The molecular weight excluding hydrogens is 552 g/mol. The van der Waals surface area contributed by atoms with Crippen LogP contribution in [0.25, 0.3) is 0 Å². The van der Waals surface area contributed by atoms with Crippen LogP contribution >= 0.6 is 0 Å². The summed E-state index contributed by atoms with van der Waals surface area (Å²) in [6, 6.07) is 11.1. The molecule has 278 valence electrons. The molecular formula is C39H92N6. The standard InChI is InChI=1S/C13H20N2.2C8H18N2.5C2H6.3H2/c14-10-12-6-8-15(9-7-12)11-13-4-2-1-3-5-13;1-7(9)8-3-5-10(2)6-4-8;1-10-6-2-3-8(7-10)4-5-9;5*1-2;;;/h1-5,12H,6-11,14H2;7-8H,3-6,9H2,1-2H3;8H,2-7,9H2,1H3;5*1-2H3;3*1H. The maximum atomic E-state index is 5.79. The SMILES string of the molecule is CC.CC.CC.CC.CC.CC(N)C1CCN(C)CC1.CN1CCCC(CCN)C1.NCC1CCN(Cc2ccccc2)CC1.[HH].[HH].[HH]. The lowest BCUT2D eigenvalue weighted by molar-refractivity contribution is 0.180. The molecule has 3 aliphatic rings. The van der Waals surface area contributed by atoms with E-state index in [1.807, 2.05) is 69.2 Å². The molecule has 0 saturated carbocycles. The molecule has 6 N–H and O–H groups in total. The number of piperidine rings is 3. The maximum Gasteiger partial charge on any atom is 0.0233 e. The van der Waals surface area contributed by atoms with E-state index >= 15 is 0 Å². The van der Waals surface area contributed by atoms with Gasteiger partial charge in [0.25, 0.3) is 0 Å². The van der Waals surface area contributed by atoms with Crippen LogP contribution in [0, 0.1) is 17.8 Å². The highest BCUT2D eigenvalue weighted by Crippen LogP contribution is 2.19. The summed E-state index contributed by atoms with van der Waals surface area (Å²) in [4.78, 5) is 7.31. The zero-order valence-electron chi connectivity index (χ0n) is 33.1. The van der Waals surface area contributed by atoms with Crippen molar-refractivity contribution in [1.29, 1.82) is 0 Å². The van der Waals surface area contributed by atoms with Crippen LogP contribution in [0.2, 0.25) is 0 Å². The van der Waals surface area contributed by atoms with Gasteiger partial charge in [-0.3, -0.25) is 4.90 Å². The molecule has 0 bridgehead atoms. The minimum atomic E-state index is 0. The third-order valence-corrected chi connectivity index (χ3v) is 8.09. The van der Waals surface area contributed by atoms with Crippen molar-refractivity contribution in [3.8, 4) is 0 Å². The van der Waals surface area contributed by atoms with E-state index in [1.165, 1.54) is 89.8 Å². The minimum absolute atomic E-state index is 0. The lowest BCUT2D eigenvalue weighted by atomic mass is 9.91. The first kappa shape index (κ1) is 50.8. The fourth-order valence-electron chi connectivity index (χ4n) is 5.52. The van der Waals surface area contributed by atoms with E-state index in [9.17, 15) is 0 Å². The van der Waals surface area contributed by atoms with Crippen molar-refractivity contribution < 1.29 is 4.28 Å². The second-order valence-electron chi connectivity index (χ2n) is 11.3. The number of benzene rings is 1. The second-order valence-corrected chi connectivity index (χ2v) is 11.3. The molecule has 4 rings (SSSR count). The normalized spacial score (nSPS) is 19.4. The van der Waals surface area contributed by atoms with E-state index in [0.29, 0.717) is 6.04 Å². The van der Waals surface area contributed by atoms with Crippen LogP contribution in [0.4, 0.5) is 0 Å². The molecule has 0 spiro atoms. The van der Waals surface area contributed by atoms with Crippen molar-refractivity contribution in [2.45, 2.75) is 134 Å². The van der Waals surface area contributed by atoms with Gasteiger partial charge < -0.3 is 27.0 Å². The van der Waals surface area contributed by atoms with E-state index in [0.717, 1.165) is 37.4 Å². The van der Waals surface area contributed by atoms with Gasteiger partial charge in [-0.25, -0.2) is 0 Å². The predicted molar refractivity (Wildman–Crippen MR) is 214 cm³/mol. The third kappa shape index (κ3) is 28.9. The van der Waals surface area contributed by atoms with Gasteiger partial charge in [-0.05, 0) is 135 Å². The Balaban J connectivity index is -0.0000000918. The van der Waals surface area contributed by atoms with Crippen molar-refractivity contribution in [1.82, 2.24) is 14.7 Å². The van der Waals surface area contributed by atoms with Crippen LogP contribution < -0.4 is 17.2 Å². The summed E-state index contributed by atoms with van der Waals surface area (Å²) in [5, 5.41) is 0. The van der Waals surface area contributed by atoms with Gasteiger partial charge in [0.2, 0.25) is 0 Å². The van der Waals surface area contributed by atoms with Gasteiger partial charge in [-0.1, -0.05) is 99.6 Å². The molecule has 45 heavy (non-hydrogen) atoms. The minimum Gasteiger partial charge on any atom is -0.330 e. The van der Waals surface area contributed by atoms with E-state index in [-0.39, 0.29) is 4.28 Å². The predicted octanol–water partition coefficient (Wildman–Crippen LogP) is 9.08. The van der Waals surface area contributed by atoms with Crippen LogP contribution in [-0.4, -0.2) is 87.2 Å². The Labute approximate surface area is 289 Å². The summed E-state index contributed by atoms with van der Waals surface area (Å²) in [5.41, 5.74) is 18.4. The van der Waals surface area contributed by atoms with Gasteiger partial charge in [0, 0.05) is 23.4 Å². The van der Waals surface area contributed by atoms with Gasteiger partial charge in [0.15, 0.2) is 0 Å². The summed E-state index contributed by atoms with van der Waals surface area (Å²) in [5.74, 6) is 2.41. The summed E-state index contributed by atoms with van der Waals surface area (Å²) < 4.78 is 0. The van der Waals surface area contributed by atoms with Crippen molar-refractivity contribution in [2.75, 3.05) is 66.5 Å². The second kappa shape index (κ2) is 39.2. The number of nitrogens with two attached hydrogens (primary N) is 3. The third-order valence-electron chi connectivity index (χ3n) is 8.09. The number of hydrogen-bond acceptors (Lipinski definition) is 6. The van der Waals surface area contributed by atoms with E-state index < -0.39 is 0 Å². The van der Waals surface area contributed by atoms with Crippen molar-refractivity contribution in [3.63, 3.8) is 0 Å². The molecule has 6 heteroatoms. The van der Waals surface area contributed by atoms with Crippen LogP contribution in [0.15, 0.2) is 30.3 Å². The number of likely N-dealkylation sites (tertiary alicyclic amines) is 3. The fourth-order valence-corrected chi connectivity index (χ4v) is 5.52. The average molecular weight is 645 g/mol. The first-order chi connectivity index (χ1) is 21.9. The van der Waals surface area contributed by atoms with Crippen LogP contribution in [-0.2, 0) is 6.54 Å². The molecule has 2 unspecified atom stereocenters. The smallest absolute Gasteiger partial charge is 0.0233 e. The maximum absolute atomic E-state index is 5.79. The largest absolute Gasteiger partial charge is 0.330 e. The van der Waals surface area contributed by atoms with Gasteiger partial charge >= 0.3 is 0 Å². The Morgan fingerprint density at radius 2 is 1.20 bits per heavy atom. The Morgan fingerprint density at radius 1 is 0.689 bits per heavy atom. The quantitative estimate of drug-likeness (QED) is 0.286. The summed E-state index contributed by atoms with van der Waals surface area (Å²) in [6.45, 7) is 32.3. The highest BCUT2D eigenvalue weighted by Gasteiger charge is 2.19. The summed E-state index contributed by atoms with van der Waals surface area (Å²) >= 11 is 0. The lowest BCUT2D eigenvalue weighted by Gasteiger charge is -2.31. The highest BCUT2D eigenvalue weighted by molar-refractivity contribution is 5.14. The number of hydrogen-bond donors (Lipinski definition) is 3. The number of nitrogens with zero attached hydrogens (tertiary/aromatic N) is 3. The zero-order valence-corrected chi connectivity index (χ0v) is 33.1. The number of rotatable bonds is 6. The average Bonchev–Trinajstić information content (AvgIpc) is 3.11. The molecule has 0 aliphatic carbocycles. The molecule has 3 heterocycles. The van der Waals surface area contributed by atoms with Gasteiger partial charge in [0.1, 0.15) is 0 Å². The van der Waals surface area contributed by atoms with Crippen molar-refractivity contribution >= 4 is 0 Å². The molecule has 1 aromatic carbocycles. The monoisotopic (exact) mass is 645 g/mol. The molecule has 3 aliphatic heterocycles. The van der Waals surface area contributed by atoms with Crippen LogP contribution in [0.1, 0.15) is 131 Å². The fraction of sp³-hybridized carbons (Fsp3) is 0.846. The molecule has 0 aromatic heterocycles. The van der Waals surface area contributed by atoms with E-state index in [2.05, 4.69) is 66.1 Å². The Bertz CT molecular complexity index is 640. The topological polar surface area (TPSA) is 87.8 Å². The zero-order chi connectivity index (χ0) is 35.5. The summed E-state index contributed by atoms with van der Waals surface area (Å²) in [6.07, 6.45) is 9.07. The van der Waals surface area contributed by atoms with Gasteiger partial charge in [0.05, 0.1) is 0 Å². The Morgan fingerprint density at radius 3 is 1.62 bits per heavy atom. The van der Waals surface area contributed by atoms with E-state index in [1.54, 1.807) is 0 Å². The lowest BCUT2D eigenvalue weighted by Crippen LogP contribution is -2.37. The molecule has 2 atom stereocenters. The van der Waals surface area contributed by atoms with Gasteiger partial charge in [-0.15, -0.1) is 0 Å². The molecule has 0 amide bonds. The first-order valence-electron chi connectivity index (χ1n) is 19.2. The van der Waals surface area contributed by atoms with E-state index in [4.69, 9.17) is 17.2 Å². The molecule has 3 saturated heterocycles. The van der Waals surface area contributed by atoms with Crippen LogP contribution in [0.3, 0.4) is 0 Å². The highest BCUT2D eigenvalue weighted by atomic mass is 15.1. The molecule has 3 fully saturated rings.